The van der Waals surface area contributed by atoms with Crippen molar-refractivity contribution in [2.24, 2.45) is 5.41 Å². The number of amides is 1. The fourth-order valence-electron chi connectivity index (χ4n) is 4.55. The van der Waals surface area contributed by atoms with Crippen LogP contribution in [-0.4, -0.2) is 41.6 Å². The molecule has 27 heavy (non-hydrogen) atoms. The number of carbonyl (C=O) groups is 3. The van der Waals surface area contributed by atoms with Crippen molar-refractivity contribution < 1.29 is 18.8 Å². The molecule has 2 aliphatic rings. The topological polar surface area (TPSA) is 54.5 Å². The first kappa shape index (κ1) is 19.3. The summed E-state index contributed by atoms with van der Waals surface area (Å²) in [6.07, 6.45) is -1.05. The van der Waals surface area contributed by atoms with Gasteiger partial charge in [-0.05, 0) is 56.5 Å². The molecule has 1 heterocycles. The second-order valence-electron chi connectivity index (χ2n) is 7.93. The van der Waals surface area contributed by atoms with Gasteiger partial charge in [0.25, 0.3) is 5.91 Å². The van der Waals surface area contributed by atoms with Gasteiger partial charge in [0.1, 0.15) is 17.5 Å². The second-order valence-corrected chi connectivity index (χ2v) is 7.93. The number of carbonyl (C=O) groups excluding carboxylic acids is 3. The molecule has 0 N–H and O–H groups in total. The molecule has 1 saturated heterocycles. The summed E-state index contributed by atoms with van der Waals surface area (Å²) < 4.78 is 13.2. The van der Waals surface area contributed by atoms with Gasteiger partial charge in [0.05, 0.1) is 0 Å². The summed E-state index contributed by atoms with van der Waals surface area (Å²) in [6, 6.07) is 3.83. The van der Waals surface area contributed by atoms with Gasteiger partial charge in [0, 0.05) is 36.9 Å². The van der Waals surface area contributed by atoms with Crippen molar-refractivity contribution in [2.75, 3.05) is 13.1 Å². The highest BCUT2D eigenvalue weighted by molar-refractivity contribution is 6.11. The predicted molar refractivity (Wildman–Crippen MR) is 100 cm³/mol. The van der Waals surface area contributed by atoms with Crippen molar-refractivity contribution in [3.8, 4) is 11.8 Å². The lowest BCUT2D eigenvalue weighted by Crippen LogP contribution is -2.63. The highest BCUT2D eigenvalue weighted by Crippen LogP contribution is 2.46. The summed E-state index contributed by atoms with van der Waals surface area (Å²) in [6.45, 7) is 7.35. The van der Waals surface area contributed by atoms with Crippen LogP contribution in [-0.2, 0) is 14.4 Å². The number of aryl methyl sites for hydroxylation is 2. The number of hydrogen-bond donors (Lipinski definition) is 0. The molecule has 5 heteroatoms. The fraction of sp³-hybridized carbons (Fsp3) is 0.500. The van der Waals surface area contributed by atoms with Gasteiger partial charge >= 0.3 is 0 Å². The first-order valence-corrected chi connectivity index (χ1v) is 9.19. The van der Waals surface area contributed by atoms with Gasteiger partial charge in [0.2, 0.25) is 0 Å². The van der Waals surface area contributed by atoms with Crippen LogP contribution in [0.3, 0.4) is 0 Å². The van der Waals surface area contributed by atoms with E-state index in [0.717, 1.165) is 22.3 Å². The maximum Gasteiger partial charge on any atom is 0.256 e. The van der Waals surface area contributed by atoms with E-state index < -0.39 is 23.4 Å². The van der Waals surface area contributed by atoms with Crippen LogP contribution in [0.15, 0.2) is 12.1 Å². The molecule has 0 aromatic heterocycles. The standard InChI is InChI=1S/C22H24FNO3/c1-5-6-16-7-13(2)19(14(3)8-16)20-17(25)9-22(10-18(20)26)11-24(12-22)21(27)15(4)23/h7-8,15,20H,9-12H2,1-4H3. The van der Waals surface area contributed by atoms with E-state index >= 15 is 0 Å². The Bertz CT molecular complexity index is 842. The molecule has 1 atom stereocenters. The lowest BCUT2D eigenvalue weighted by Gasteiger charge is -2.52. The quantitative estimate of drug-likeness (QED) is 0.595. The van der Waals surface area contributed by atoms with Crippen molar-refractivity contribution in [2.45, 2.75) is 52.6 Å². The van der Waals surface area contributed by atoms with Crippen molar-refractivity contribution in [1.29, 1.82) is 0 Å². The van der Waals surface area contributed by atoms with Crippen LogP contribution >= 0.6 is 0 Å². The molecule has 2 fully saturated rings. The van der Waals surface area contributed by atoms with Gasteiger partial charge in [-0.15, -0.1) is 5.92 Å². The van der Waals surface area contributed by atoms with Gasteiger partial charge in [-0.3, -0.25) is 14.4 Å². The Kier molecular flexibility index (Phi) is 4.94. The molecule has 1 spiro atoms. The minimum absolute atomic E-state index is 0.104. The van der Waals surface area contributed by atoms with Crippen molar-refractivity contribution in [1.82, 2.24) is 4.90 Å². The van der Waals surface area contributed by atoms with Crippen LogP contribution in [0.25, 0.3) is 0 Å². The van der Waals surface area contributed by atoms with E-state index in [-0.39, 0.29) is 37.5 Å². The Morgan fingerprint density at radius 1 is 1.19 bits per heavy atom. The van der Waals surface area contributed by atoms with Crippen LogP contribution in [0.1, 0.15) is 54.9 Å². The van der Waals surface area contributed by atoms with E-state index in [0.29, 0.717) is 0 Å². The second kappa shape index (κ2) is 6.92. The monoisotopic (exact) mass is 369 g/mol. The molecule has 1 amide bonds. The molecule has 4 nitrogen and oxygen atoms in total. The largest absolute Gasteiger partial charge is 0.339 e. The predicted octanol–water partition coefficient (Wildman–Crippen LogP) is 2.88. The van der Waals surface area contributed by atoms with Gasteiger partial charge in [-0.2, -0.15) is 0 Å². The summed E-state index contributed by atoms with van der Waals surface area (Å²) in [4.78, 5) is 39.0. The van der Waals surface area contributed by atoms with Crippen molar-refractivity contribution >= 4 is 17.5 Å². The lowest BCUT2D eigenvalue weighted by atomic mass is 9.63. The smallest absolute Gasteiger partial charge is 0.256 e. The number of likely N-dealkylation sites (tertiary alicyclic amines) is 1. The fourth-order valence-corrected chi connectivity index (χ4v) is 4.55. The Morgan fingerprint density at radius 3 is 2.15 bits per heavy atom. The number of rotatable bonds is 2. The summed E-state index contributed by atoms with van der Waals surface area (Å²) in [5, 5.41) is 0. The summed E-state index contributed by atoms with van der Waals surface area (Å²) >= 11 is 0. The Balaban J connectivity index is 1.82. The SMILES string of the molecule is CC#Cc1cc(C)c(C2C(=O)CC3(CC2=O)CN(C(=O)C(C)F)C3)c(C)c1. The van der Waals surface area contributed by atoms with E-state index in [1.165, 1.54) is 11.8 Å². The van der Waals surface area contributed by atoms with Crippen LogP contribution in [0.5, 0.6) is 0 Å². The van der Waals surface area contributed by atoms with E-state index in [2.05, 4.69) is 11.8 Å². The van der Waals surface area contributed by atoms with Crippen LogP contribution in [0.4, 0.5) is 4.39 Å². The normalized spacial score (nSPS) is 20.1. The summed E-state index contributed by atoms with van der Waals surface area (Å²) in [5.41, 5.74) is 2.94. The maximum absolute atomic E-state index is 13.2. The molecule has 0 bridgehead atoms. The highest BCUT2D eigenvalue weighted by atomic mass is 19.1. The zero-order chi connectivity index (χ0) is 19.9. The van der Waals surface area contributed by atoms with Gasteiger partial charge < -0.3 is 4.90 Å². The zero-order valence-electron chi connectivity index (χ0n) is 16.2. The third kappa shape index (κ3) is 3.41. The third-order valence-corrected chi connectivity index (χ3v) is 5.60. The number of halogens is 1. The number of nitrogens with zero attached hydrogens (tertiary/aromatic N) is 1. The van der Waals surface area contributed by atoms with Crippen LogP contribution in [0, 0.1) is 31.1 Å². The highest BCUT2D eigenvalue weighted by Gasteiger charge is 2.53. The molecule has 142 valence electrons. The first-order valence-electron chi connectivity index (χ1n) is 9.19. The minimum Gasteiger partial charge on any atom is -0.339 e. The van der Waals surface area contributed by atoms with E-state index in [1.54, 1.807) is 6.92 Å². The molecular formula is C22H24FNO3. The third-order valence-electron chi connectivity index (χ3n) is 5.60. The van der Waals surface area contributed by atoms with Gasteiger partial charge in [-0.1, -0.05) is 5.92 Å². The van der Waals surface area contributed by atoms with Gasteiger partial charge in [0.15, 0.2) is 6.17 Å². The Labute approximate surface area is 159 Å². The van der Waals surface area contributed by atoms with Crippen molar-refractivity contribution in [3.63, 3.8) is 0 Å². The average molecular weight is 369 g/mol. The van der Waals surface area contributed by atoms with Crippen LogP contribution < -0.4 is 0 Å². The molecule has 1 aliphatic heterocycles. The minimum atomic E-state index is -1.56. The zero-order valence-corrected chi connectivity index (χ0v) is 16.2. The van der Waals surface area contributed by atoms with E-state index in [4.69, 9.17) is 0 Å². The summed E-state index contributed by atoms with van der Waals surface area (Å²) in [5.74, 6) is 4.35. The van der Waals surface area contributed by atoms with E-state index in [9.17, 15) is 18.8 Å². The Hall–Kier alpha value is -2.48. The molecular weight excluding hydrogens is 345 g/mol. The number of alkyl halides is 1. The van der Waals surface area contributed by atoms with Crippen molar-refractivity contribution in [3.05, 3.63) is 34.4 Å². The first-order chi connectivity index (χ1) is 12.7. The maximum atomic E-state index is 13.2. The number of ketones is 2. The molecule has 1 aromatic rings. The number of Topliss-reactive ketones (excluding diaryl/α,β-unsaturated/α-hetero) is 2. The number of hydrogen-bond acceptors (Lipinski definition) is 3. The molecule has 1 saturated carbocycles. The molecule has 0 radical (unpaired) electrons. The average Bonchev–Trinajstić information content (AvgIpc) is 2.53. The number of benzene rings is 1. The molecule has 1 aromatic carbocycles. The lowest BCUT2D eigenvalue weighted by molar-refractivity contribution is -0.157. The Morgan fingerprint density at radius 2 is 1.70 bits per heavy atom. The molecule has 3 rings (SSSR count). The summed E-state index contributed by atoms with van der Waals surface area (Å²) in [7, 11) is 0. The molecule has 1 aliphatic carbocycles. The molecule has 1 unspecified atom stereocenters. The van der Waals surface area contributed by atoms with Crippen LogP contribution in [0.2, 0.25) is 0 Å². The van der Waals surface area contributed by atoms with Gasteiger partial charge in [-0.25, -0.2) is 4.39 Å². The van der Waals surface area contributed by atoms with E-state index in [1.807, 2.05) is 26.0 Å².